The highest BCUT2D eigenvalue weighted by atomic mass is 28.4. The van der Waals surface area contributed by atoms with Crippen LogP contribution < -0.4 is 10.4 Å². The van der Waals surface area contributed by atoms with Gasteiger partial charge >= 0.3 is 0 Å². The summed E-state index contributed by atoms with van der Waals surface area (Å²) in [5.41, 5.74) is 0. The van der Waals surface area contributed by atoms with Crippen molar-refractivity contribution in [1.82, 2.24) is 0 Å². The van der Waals surface area contributed by atoms with Crippen LogP contribution in [0.3, 0.4) is 0 Å². The molecule has 1 N–H and O–H groups in total. The van der Waals surface area contributed by atoms with Gasteiger partial charge in [-0.2, -0.15) is 0 Å². The van der Waals surface area contributed by atoms with E-state index >= 15 is 0 Å². The second-order valence-electron chi connectivity index (χ2n) is 7.61. The first-order chi connectivity index (χ1) is 11.8. The lowest BCUT2D eigenvalue weighted by atomic mass is 10.1. The predicted octanol–water partition coefficient (Wildman–Crippen LogP) is 4.05. The highest BCUT2D eigenvalue weighted by Gasteiger charge is 2.51. The molecule has 2 aromatic rings. The first-order valence-corrected chi connectivity index (χ1v) is 10.7. The van der Waals surface area contributed by atoms with E-state index in [2.05, 4.69) is 81.4 Å². The second-order valence-corrected chi connectivity index (χ2v) is 11.9. The van der Waals surface area contributed by atoms with Crippen LogP contribution in [0.25, 0.3) is 0 Å². The Balaban J connectivity index is 2.64. The zero-order valence-electron chi connectivity index (χ0n) is 15.8. The van der Waals surface area contributed by atoms with E-state index in [1.54, 1.807) is 6.21 Å². The van der Waals surface area contributed by atoms with Crippen molar-refractivity contribution in [2.75, 3.05) is 0 Å². The van der Waals surface area contributed by atoms with Gasteiger partial charge in [-0.1, -0.05) is 88.4 Å². The van der Waals surface area contributed by atoms with Gasteiger partial charge < -0.3 is 9.63 Å². The molecule has 134 valence electrons. The van der Waals surface area contributed by atoms with Crippen molar-refractivity contribution in [3.05, 3.63) is 60.7 Å². The molecule has 0 aromatic heterocycles. The van der Waals surface area contributed by atoms with Crippen LogP contribution in [0, 0.1) is 5.92 Å². The quantitative estimate of drug-likeness (QED) is 0.368. The maximum atomic E-state index is 8.90. The Bertz CT molecular complexity index is 641. The second kappa shape index (κ2) is 7.98. The zero-order chi connectivity index (χ0) is 18.5. The molecule has 2 atom stereocenters. The average Bonchev–Trinajstić information content (AvgIpc) is 2.60. The molecule has 0 unspecified atom stereocenters. The minimum absolute atomic E-state index is 0.0200. The summed E-state index contributed by atoms with van der Waals surface area (Å²) in [6.07, 6.45) is 1.48. The first kappa shape index (κ1) is 19.4. The molecule has 4 heteroatoms. The molecule has 0 heterocycles. The zero-order valence-corrected chi connectivity index (χ0v) is 16.8. The van der Waals surface area contributed by atoms with Gasteiger partial charge in [0.15, 0.2) is 0 Å². The summed E-state index contributed by atoms with van der Waals surface area (Å²) < 4.78 is 6.93. The fourth-order valence-electron chi connectivity index (χ4n) is 3.30. The van der Waals surface area contributed by atoms with E-state index in [-0.39, 0.29) is 17.1 Å². The molecule has 0 aliphatic heterocycles. The average molecular weight is 356 g/mol. The third-order valence-electron chi connectivity index (χ3n) is 4.82. The van der Waals surface area contributed by atoms with Crippen LogP contribution >= 0.6 is 0 Å². The smallest absolute Gasteiger partial charge is 0.261 e. The van der Waals surface area contributed by atoms with Crippen LogP contribution in [0.2, 0.25) is 5.04 Å². The van der Waals surface area contributed by atoms with E-state index in [4.69, 9.17) is 9.63 Å². The van der Waals surface area contributed by atoms with Crippen LogP contribution in [-0.4, -0.2) is 25.8 Å². The number of hydrogen-bond acceptors (Lipinski definition) is 3. The van der Waals surface area contributed by atoms with Crippen LogP contribution in [0.5, 0.6) is 0 Å². The molecule has 0 aliphatic rings. The summed E-state index contributed by atoms with van der Waals surface area (Å²) >= 11 is 0. The van der Waals surface area contributed by atoms with E-state index < -0.39 is 8.32 Å². The van der Waals surface area contributed by atoms with Crippen molar-refractivity contribution in [3.8, 4) is 0 Å². The van der Waals surface area contributed by atoms with Gasteiger partial charge in [0.05, 0.1) is 6.10 Å². The Morgan fingerprint density at radius 1 is 0.920 bits per heavy atom. The molecular weight excluding hydrogens is 326 g/mol. The van der Waals surface area contributed by atoms with Gasteiger partial charge in [0, 0.05) is 12.1 Å². The van der Waals surface area contributed by atoms with Crippen molar-refractivity contribution in [2.24, 2.45) is 11.1 Å². The molecule has 0 saturated carbocycles. The molecule has 2 aromatic carbocycles. The van der Waals surface area contributed by atoms with Gasteiger partial charge in [-0.15, -0.1) is 5.16 Å². The number of benzene rings is 2. The summed E-state index contributed by atoms with van der Waals surface area (Å²) in [4.78, 5) is 0. The van der Waals surface area contributed by atoms with Crippen LogP contribution in [0.4, 0.5) is 0 Å². The largest absolute Gasteiger partial charge is 0.411 e. The highest BCUT2D eigenvalue weighted by molar-refractivity contribution is 6.99. The lowest BCUT2D eigenvalue weighted by Gasteiger charge is -2.45. The highest BCUT2D eigenvalue weighted by Crippen LogP contribution is 2.38. The van der Waals surface area contributed by atoms with Crippen molar-refractivity contribution in [2.45, 2.75) is 45.8 Å². The number of oxime groups is 1. The number of rotatable bonds is 6. The molecule has 2 rings (SSSR count). The molecule has 3 nitrogen and oxygen atoms in total. The van der Waals surface area contributed by atoms with E-state index in [1.165, 1.54) is 10.4 Å². The lowest BCUT2D eigenvalue weighted by Crippen LogP contribution is -2.67. The maximum absolute atomic E-state index is 8.90. The Labute approximate surface area is 152 Å². The molecule has 0 bridgehead atoms. The molecule has 0 amide bonds. The molecule has 0 aliphatic carbocycles. The van der Waals surface area contributed by atoms with Crippen LogP contribution in [0.15, 0.2) is 65.8 Å². The molecule has 0 radical (unpaired) electrons. The Morgan fingerprint density at radius 2 is 1.36 bits per heavy atom. The van der Waals surface area contributed by atoms with Crippen LogP contribution in [0.1, 0.15) is 34.6 Å². The van der Waals surface area contributed by atoms with Crippen molar-refractivity contribution < 1.29 is 9.63 Å². The molecule has 0 saturated heterocycles. The summed E-state index contributed by atoms with van der Waals surface area (Å²) in [5.74, 6) is 0.0200. The third-order valence-corrected chi connectivity index (χ3v) is 9.95. The summed E-state index contributed by atoms with van der Waals surface area (Å²) in [6, 6.07) is 21.1. The fourth-order valence-corrected chi connectivity index (χ4v) is 8.09. The first-order valence-electron chi connectivity index (χ1n) is 8.79. The normalized spacial score (nSPS) is 15.2. The SMILES string of the molecule is C[C@H](O[Si](c1ccccc1)(c1ccccc1)C(C)(C)C)[C@@H](C)/C=N/O. The van der Waals surface area contributed by atoms with Gasteiger partial charge in [-0.25, -0.2) is 0 Å². The Hall–Kier alpha value is -1.91. The van der Waals surface area contributed by atoms with Gasteiger partial charge in [0.25, 0.3) is 8.32 Å². The maximum Gasteiger partial charge on any atom is 0.261 e. The minimum atomic E-state index is -2.55. The lowest BCUT2D eigenvalue weighted by molar-refractivity contribution is 0.177. The topological polar surface area (TPSA) is 41.8 Å². The molecule has 0 fully saturated rings. The Morgan fingerprint density at radius 3 is 1.72 bits per heavy atom. The van der Waals surface area contributed by atoms with E-state index in [0.29, 0.717) is 0 Å². The Kier molecular flexibility index (Phi) is 6.19. The summed E-state index contributed by atoms with van der Waals surface area (Å²) in [5, 5.41) is 14.6. The van der Waals surface area contributed by atoms with Gasteiger partial charge in [-0.3, -0.25) is 0 Å². The van der Waals surface area contributed by atoms with E-state index in [0.717, 1.165) is 0 Å². The molecular formula is C21H29NO2Si. The van der Waals surface area contributed by atoms with Gasteiger partial charge in [-0.05, 0) is 22.3 Å². The van der Waals surface area contributed by atoms with E-state index in [9.17, 15) is 0 Å². The molecule has 25 heavy (non-hydrogen) atoms. The third kappa shape index (κ3) is 4.02. The van der Waals surface area contributed by atoms with Crippen molar-refractivity contribution in [1.29, 1.82) is 0 Å². The summed E-state index contributed by atoms with van der Waals surface area (Å²) in [6.45, 7) is 10.9. The molecule has 0 spiro atoms. The van der Waals surface area contributed by atoms with Gasteiger partial charge in [0.1, 0.15) is 0 Å². The number of hydrogen-bond donors (Lipinski definition) is 1. The summed E-state index contributed by atoms with van der Waals surface area (Å²) in [7, 11) is -2.55. The van der Waals surface area contributed by atoms with Crippen molar-refractivity contribution in [3.63, 3.8) is 0 Å². The minimum Gasteiger partial charge on any atom is -0.411 e. The van der Waals surface area contributed by atoms with E-state index in [1.807, 2.05) is 19.1 Å². The fraction of sp³-hybridized carbons (Fsp3) is 0.381. The number of nitrogens with zero attached hydrogens (tertiary/aromatic N) is 1. The standard InChI is InChI=1S/C21H29NO2Si/c1-17(16-22-23)18(2)24-25(21(3,4)5,19-12-8-6-9-13-19)20-14-10-7-11-15-20/h6-18,23H,1-5H3/b22-16+/t17-,18-/m0/s1. The van der Waals surface area contributed by atoms with Crippen LogP contribution in [-0.2, 0) is 4.43 Å². The predicted molar refractivity (Wildman–Crippen MR) is 108 cm³/mol. The van der Waals surface area contributed by atoms with Gasteiger partial charge in [0.2, 0.25) is 0 Å². The van der Waals surface area contributed by atoms with Crippen molar-refractivity contribution >= 4 is 24.9 Å². The monoisotopic (exact) mass is 355 g/mol.